The van der Waals surface area contributed by atoms with Crippen LogP contribution in [0.5, 0.6) is 11.5 Å². The average Bonchev–Trinajstić information content (AvgIpc) is 3.02. The van der Waals surface area contributed by atoms with Gasteiger partial charge < -0.3 is 9.47 Å². The van der Waals surface area contributed by atoms with Gasteiger partial charge in [0.15, 0.2) is 5.75 Å². The Morgan fingerprint density at radius 1 is 1.09 bits per heavy atom. The Morgan fingerprint density at radius 3 is 2.43 bits per heavy atom. The minimum atomic E-state index is -0.571. The number of hydrogen-bond donors (Lipinski definition) is 0. The first-order valence-electron chi connectivity index (χ1n) is 6.84. The van der Waals surface area contributed by atoms with E-state index in [9.17, 15) is 4.79 Å². The van der Waals surface area contributed by atoms with Gasteiger partial charge in [0, 0.05) is 4.47 Å². The van der Waals surface area contributed by atoms with Crippen molar-refractivity contribution in [2.24, 2.45) is 0 Å². The van der Waals surface area contributed by atoms with E-state index in [2.05, 4.69) is 21.0 Å². The zero-order valence-electron chi connectivity index (χ0n) is 12.3. The van der Waals surface area contributed by atoms with E-state index < -0.39 is 5.97 Å². The summed E-state index contributed by atoms with van der Waals surface area (Å²) in [6.07, 6.45) is 1.65. The number of benzene rings is 2. The lowest BCUT2D eigenvalue weighted by atomic mass is 10.3. The molecule has 0 aliphatic heterocycles. The van der Waals surface area contributed by atoms with Crippen LogP contribution in [-0.2, 0) is 0 Å². The van der Waals surface area contributed by atoms with Crippen molar-refractivity contribution < 1.29 is 14.3 Å². The number of carbonyl (C=O) groups excluding carboxylic acids is 1. The minimum Gasteiger partial charge on any atom is -0.493 e. The van der Waals surface area contributed by atoms with E-state index in [1.165, 1.54) is 7.11 Å². The van der Waals surface area contributed by atoms with Crippen LogP contribution in [0.2, 0.25) is 0 Å². The van der Waals surface area contributed by atoms with Gasteiger partial charge in [-0.1, -0.05) is 34.1 Å². The van der Waals surface area contributed by atoms with Crippen molar-refractivity contribution in [3.63, 3.8) is 0 Å². The second-order valence-electron chi connectivity index (χ2n) is 4.67. The fourth-order valence-electron chi connectivity index (χ4n) is 2.02. The zero-order valence-corrected chi connectivity index (χ0v) is 13.9. The van der Waals surface area contributed by atoms with Crippen LogP contribution in [0.25, 0.3) is 5.69 Å². The first-order chi connectivity index (χ1) is 11.2. The van der Waals surface area contributed by atoms with Crippen molar-refractivity contribution in [3.8, 4) is 17.2 Å². The van der Waals surface area contributed by atoms with Gasteiger partial charge in [0.1, 0.15) is 5.75 Å². The van der Waals surface area contributed by atoms with Crippen molar-refractivity contribution in [2.75, 3.05) is 7.11 Å². The van der Waals surface area contributed by atoms with Crippen LogP contribution in [0.15, 0.2) is 65.3 Å². The zero-order chi connectivity index (χ0) is 16.2. The number of rotatable bonds is 4. The number of esters is 1. The van der Waals surface area contributed by atoms with Crippen LogP contribution >= 0.6 is 15.9 Å². The lowest BCUT2D eigenvalue weighted by Crippen LogP contribution is -2.11. The molecule has 0 fully saturated rings. The van der Waals surface area contributed by atoms with Gasteiger partial charge in [0.25, 0.3) is 0 Å². The van der Waals surface area contributed by atoms with E-state index in [0.717, 1.165) is 10.2 Å². The molecule has 116 valence electrons. The van der Waals surface area contributed by atoms with Gasteiger partial charge in [-0.2, -0.15) is 5.10 Å². The van der Waals surface area contributed by atoms with Crippen LogP contribution in [0.3, 0.4) is 0 Å². The molecule has 0 aliphatic rings. The van der Waals surface area contributed by atoms with Crippen molar-refractivity contribution in [2.45, 2.75) is 0 Å². The molecule has 0 atom stereocenters. The van der Waals surface area contributed by atoms with Crippen molar-refractivity contribution in [1.29, 1.82) is 0 Å². The number of aromatic nitrogens is 2. The summed E-state index contributed by atoms with van der Waals surface area (Å²) >= 11 is 3.33. The van der Waals surface area contributed by atoms with Crippen molar-refractivity contribution >= 4 is 21.9 Å². The third-order valence-electron chi connectivity index (χ3n) is 3.14. The summed E-state index contributed by atoms with van der Waals surface area (Å²) in [5, 5.41) is 4.27. The smallest absolute Gasteiger partial charge is 0.368 e. The summed E-state index contributed by atoms with van der Waals surface area (Å²) in [5.41, 5.74) is 0.952. The SMILES string of the molecule is COc1cn(-c2ccccc2)nc1C(=O)Oc1ccc(Br)cc1. The average molecular weight is 373 g/mol. The second-order valence-corrected chi connectivity index (χ2v) is 5.59. The van der Waals surface area contributed by atoms with E-state index in [0.29, 0.717) is 11.5 Å². The number of hydrogen-bond acceptors (Lipinski definition) is 4. The molecule has 0 amide bonds. The fourth-order valence-corrected chi connectivity index (χ4v) is 2.28. The Morgan fingerprint density at radius 2 is 1.78 bits per heavy atom. The molecule has 0 bridgehead atoms. The molecular weight excluding hydrogens is 360 g/mol. The van der Waals surface area contributed by atoms with Crippen molar-refractivity contribution in [1.82, 2.24) is 9.78 Å². The van der Waals surface area contributed by atoms with Gasteiger partial charge in [0.05, 0.1) is 19.0 Å². The summed E-state index contributed by atoms with van der Waals surface area (Å²) in [6, 6.07) is 16.4. The molecule has 5 nitrogen and oxygen atoms in total. The van der Waals surface area contributed by atoms with Crippen LogP contribution in [0.4, 0.5) is 0 Å². The molecule has 1 aromatic heterocycles. The maximum absolute atomic E-state index is 12.3. The van der Waals surface area contributed by atoms with E-state index in [-0.39, 0.29) is 5.69 Å². The summed E-state index contributed by atoms with van der Waals surface area (Å²) in [7, 11) is 1.49. The highest BCUT2D eigenvalue weighted by Crippen LogP contribution is 2.22. The molecule has 0 saturated carbocycles. The number of para-hydroxylation sites is 1. The van der Waals surface area contributed by atoms with E-state index in [1.54, 1.807) is 35.1 Å². The molecular formula is C17H13BrN2O3. The molecule has 0 aliphatic carbocycles. The fraction of sp³-hybridized carbons (Fsp3) is 0.0588. The first kappa shape index (κ1) is 15.3. The largest absolute Gasteiger partial charge is 0.493 e. The Bertz CT molecular complexity index is 814. The number of halogens is 1. The van der Waals surface area contributed by atoms with Gasteiger partial charge in [-0.15, -0.1) is 0 Å². The highest BCUT2D eigenvalue weighted by molar-refractivity contribution is 9.10. The third-order valence-corrected chi connectivity index (χ3v) is 3.67. The Labute approximate surface area is 141 Å². The van der Waals surface area contributed by atoms with E-state index in [1.807, 2.05) is 30.3 Å². The van der Waals surface area contributed by atoms with Gasteiger partial charge >= 0.3 is 5.97 Å². The minimum absolute atomic E-state index is 0.124. The quantitative estimate of drug-likeness (QED) is 0.515. The topological polar surface area (TPSA) is 53.4 Å². The lowest BCUT2D eigenvalue weighted by molar-refractivity contribution is 0.0724. The van der Waals surface area contributed by atoms with Crippen LogP contribution in [-0.4, -0.2) is 22.9 Å². The second kappa shape index (κ2) is 6.66. The van der Waals surface area contributed by atoms with Gasteiger partial charge in [-0.3, -0.25) is 0 Å². The number of carbonyl (C=O) groups is 1. The molecule has 0 N–H and O–H groups in total. The predicted molar refractivity (Wildman–Crippen MR) is 89.2 cm³/mol. The van der Waals surface area contributed by atoms with Crippen LogP contribution in [0.1, 0.15) is 10.5 Å². The number of methoxy groups -OCH3 is 1. The summed E-state index contributed by atoms with van der Waals surface area (Å²) in [5.74, 6) is 0.226. The van der Waals surface area contributed by atoms with Crippen LogP contribution < -0.4 is 9.47 Å². The normalized spacial score (nSPS) is 10.3. The molecule has 2 aromatic carbocycles. The van der Waals surface area contributed by atoms with E-state index in [4.69, 9.17) is 9.47 Å². The van der Waals surface area contributed by atoms with Gasteiger partial charge in [0.2, 0.25) is 5.69 Å². The van der Waals surface area contributed by atoms with E-state index >= 15 is 0 Å². The molecule has 0 unspecified atom stereocenters. The third kappa shape index (κ3) is 3.43. The van der Waals surface area contributed by atoms with Gasteiger partial charge in [-0.25, -0.2) is 9.48 Å². The summed E-state index contributed by atoms with van der Waals surface area (Å²) in [4.78, 5) is 12.3. The standard InChI is InChI=1S/C17H13BrN2O3/c1-22-15-11-20(13-5-3-2-4-6-13)19-16(15)17(21)23-14-9-7-12(18)8-10-14/h2-11H,1H3. The molecule has 3 rings (SSSR count). The first-order valence-corrected chi connectivity index (χ1v) is 7.63. The predicted octanol–water partition coefficient (Wildman–Crippen LogP) is 3.86. The summed E-state index contributed by atoms with van der Waals surface area (Å²) < 4.78 is 13.1. The molecule has 0 radical (unpaired) electrons. The highest BCUT2D eigenvalue weighted by Gasteiger charge is 2.20. The number of ether oxygens (including phenoxy) is 2. The highest BCUT2D eigenvalue weighted by atomic mass is 79.9. The molecule has 23 heavy (non-hydrogen) atoms. The monoisotopic (exact) mass is 372 g/mol. The van der Waals surface area contributed by atoms with Crippen molar-refractivity contribution in [3.05, 3.63) is 71.0 Å². The maximum Gasteiger partial charge on any atom is 0.368 e. The lowest BCUT2D eigenvalue weighted by Gasteiger charge is -2.03. The Hall–Kier alpha value is -2.60. The molecule has 1 heterocycles. The summed E-state index contributed by atoms with van der Waals surface area (Å²) in [6.45, 7) is 0. The van der Waals surface area contributed by atoms with Gasteiger partial charge in [-0.05, 0) is 36.4 Å². The molecule has 6 heteroatoms. The Kier molecular flexibility index (Phi) is 4.43. The molecule has 0 spiro atoms. The maximum atomic E-state index is 12.3. The van der Waals surface area contributed by atoms with Crippen LogP contribution in [0, 0.1) is 0 Å². The number of nitrogens with zero attached hydrogens (tertiary/aromatic N) is 2. The molecule has 0 saturated heterocycles. The Balaban J connectivity index is 1.88. The molecule has 3 aromatic rings.